The summed E-state index contributed by atoms with van der Waals surface area (Å²) >= 11 is 0. The Bertz CT molecular complexity index is 1120. The molecule has 5 rings (SSSR count). The largest absolute Gasteiger partial charge is 0.485 e. The topological polar surface area (TPSA) is 91.9 Å². The van der Waals surface area contributed by atoms with Crippen molar-refractivity contribution in [1.29, 1.82) is 0 Å². The number of ether oxygens (including phenoxy) is 2. The molecule has 35 heavy (non-hydrogen) atoms. The summed E-state index contributed by atoms with van der Waals surface area (Å²) < 4.78 is 11.8. The van der Waals surface area contributed by atoms with E-state index in [1.807, 2.05) is 30.3 Å². The fraction of sp³-hybridized carbons (Fsp3) is 0.500. The van der Waals surface area contributed by atoms with Crippen LogP contribution in [0.5, 0.6) is 5.75 Å². The van der Waals surface area contributed by atoms with Gasteiger partial charge in [-0.05, 0) is 44.4 Å². The Hall–Kier alpha value is -3.33. The minimum absolute atomic E-state index is 0.155. The van der Waals surface area contributed by atoms with E-state index in [0.29, 0.717) is 12.6 Å². The second-order valence-electron chi connectivity index (χ2n) is 9.41. The van der Waals surface area contributed by atoms with Gasteiger partial charge in [0.2, 0.25) is 5.91 Å². The molecule has 0 aromatic carbocycles. The van der Waals surface area contributed by atoms with Crippen molar-refractivity contribution >= 4 is 28.7 Å². The molecule has 0 bridgehead atoms. The summed E-state index contributed by atoms with van der Waals surface area (Å²) in [4.78, 5) is 25.3. The number of nitrogens with zero attached hydrogens (tertiary/aromatic N) is 4. The molecule has 2 aromatic rings. The number of morpholine rings is 1. The lowest BCUT2D eigenvalue weighted by atomic mass is 10.0. The zero-order valence-electron chi connectivity index (χ0n) is 20.8. The van der Waals surface area contributed by atoms with Crippen molar-refractivity contribution in [2.75, 3.05) is 49.6 Å². The van der Waals surface area contributed by atoms with Crippen molar-refractivity contribution in [3.8, 4) is 5.75 Å². The molecule has 3 aliphatic rings. The molecular formula is C26H34N6O3. The van der Waals surface area contributed by atoms with Crippen molar-refractivity contribution in [3.05, 3.63) is 41.5 Å². The predicted molar refractivity (Wildman–Crippen MR) is 136 cm³/mol. The number of piperidine rings is 1. The number of pyridine rings is 2. The third-order valence-electron chi connectivity index (χ3n) is 7.02. The molecule has 9 nitrogen and oxygen atoms in total. The van der Waals surface area contributed by atoms with Gasteiger partial charge in [-0.25, -0.2) is 9.97 Å². The molecule has 1 amide bonds. The van der Waals surface area contributed by atoms with E-state index in [1.165, 1.54) is 0 Å². The van der Waals surface area contributed by atoms with E-state index in [9.17, 15) is 4.79 Å². The maximum atomic E-state index is 11.6. The molecule has 186 valence electrons. The fourth-order valence-corrected chi connectivity index (χ4v) is 4.92. The van der Waals surface area contributed by atoms with Gasteiger partial charge >= 0.3 is 0 Å². The van der Waals surface area contributed by atoms with Gasteiger partial charge in [0.15, 0.2) is 5.75 Å². The highest BCUT2D eigenvalue weighted by molar-refractivity contribution is 5.76. The Morgan fingerprint density at radius 1 is 1.20 bits per heavy atom. The highest BCUT2D eigenvalue weighted by Gasteiger charge is 2.24. The number of allylic oxidation sites excluding steroid dienone is 1. The van der Waals surface area contributed by atoms with E-state index >= 15 is 0 Å². The molecule has 2 N–H and O–H groups in total. The number of likely N-dealkylation sites (tertiary alicyclic amines) is 1. The lowest BCUT2D eigenvalue weighted by molar-refractivity contribution is -0.129. The Balaban J connectivity index is 1.34. The molecule has 0 unspecified atom stereocenters. The van der Waals surface area contributed by atoms with Crippen LogP contribution in [0.1, 0.15) is 43.6 Å². The zero-order valence-corrected chi connectivity index (χ0v) is 20.8. The van der Waals surface area contributed by atoms with Gasteiger partial charge in [0.05, 0.1) is 35.9 Å². The van der Waals surface area contributed by atoms with Gasteiger partial charge in [0, 0.05) is 57.2 Å². The van der Waals surface area contributed by atoms with Crippen molar-refractivity contribution in [2.24, 2.45) is 0 Å². The molecule has 2 fully saturated rings. The number of hydrogen-bond donors (Lipinski definition) is 2. The maximum Gasteiger partial charge on any atom is 0.219 e. The van der Waals surface area contributed by atoms with E-state index in [-0.39, 0.29) is 5.91 Å². The highest BCUT2D eigenvalue weighted by atomic mass is 16.5. The molecule has 2 saturated heterocycles. The molecule has 0 spiro atoms. The number of amides is 1. The van der Waals surface area contributed by atoms with E-state index in [2.05, 4.69) is 33.5 Å². The minimum Gasteiger partial charge on any atom is -0.485 e. The Morgan fingerprint density at radius 2 is 1.97 bits per heavy atom. The van der Waals surface area contributed by atoms with Crippen LogP contribution in [0.2, 0.25) is 0 Å². The standard InChI is InChI=1S/C26H34N6O3/c1-17(15-28-20-5-8-31(9-6-20)19(3)33)22-14-23-25(18(2)29-22)35-16-21-24(4-7-27-26(21)30-23)32-10-12-34-13-11-32/h4,7,14-15,20,28H,5-6,8-13,16H2,1-3H3,(H,27,30)/b17-15+. The van der Waals surface area contributed by atoms with Crippen molar-refractivity contribution in [1.82, 2.24) is 20.2 Å². The Morgan fingerprint density at radius 3 is 2.71 bits per heavy atom. The summed E-state index contributed by atoms with van der Waals surface area (Å²) in [6.45, 7) is 10.9. The fourth-order valence-electron chi connectivity index (χ4n) is 4.92. The number of aromatic nitrogens is 2. The second-order valence-corrected chi connectivity index (χ2v) is 9.41. The van der Waals surface area contributed by atoms with Crippen LogP contribution in [-0.2, 0) is 16.1 Å². The van der Waals surface area contributed by atoms with E-state index in [4.69, 9.17) is 14.5 Å². The summed E-state index contributed by atoms with van der Waals surface area (Å²) in [5.41, 5.74) is 5.84. The van der Waals surface area contributed by atoms with Crippen molar-refractivity contribution in [3.63, 3.8) is 0 Å². The number of anilines is 3. The van der Waals surface area contributed by atoms with E-state index in [0.717, 1.165) is 97.7 Å². The molecule has 9 heteroatoms. The number of fused-ring (bicyclic) bond motifs is 2. The van der Waals surface area contributed by atoms with Crippen LogP contribution < -0.4 is 20.3 Å². The summed E-state index contributed by atoms with van der Waals surface area (Å²) in [7, 11) is 0. The molecular weight excluding hydrogens is 444 g/mol. The van der Waals surface area contributed by atoms with Gasteiger partial charge in [0.1, 0.15) is 12.4 Å². The monoisotopic (exact) mass is 478 g/mol. The van der Waals surface area contributed by atoms with Crippen LogP contribution in [0.15, 0.2) is 24.5 Å². The van der Waals surface area contributed by atoms with Gasteiger partial charge in [0.25, 0.3) is 0 Å². The van der Waals surface area contributed by atoms with E-state index in [1.54, 1.807) is 6.92 Å². The number of carbonyl (C=O) groups is 1. The number of rotatable bonds is 4. The van der Waals surface area contributed by atoms with Crippen LogP contribution in [0.4, 0.5) is 17.2 Å². The number of carbonyl (C=O) groups excluding carboxylic acids is 1. The molecule has 2 aromatic heterocycles. The predicted octanol–water partition coefficient (Wildman–Crippen LogP) is 3.22. The molecule has 0 atom stereocenters. The quantitative estimate of drug-likeness (QED) is 0.692. The SMILES string of the molecule is CC(=O)N1CCC(N/C=C(\C)c2cc3c(c(C)n2)OCc2c(N4CCOCC4)ccnc2N3)CC1. The van der Waals surface area contributed by atoms with Gasteiger partial charge in [-0.2, -0.15) is 0 Å². The molecule has 0 aliphatic carbocycles. The summed E-state index contributed by atoms with van der Waals surface area (Å²) in [6, 6.07) is 4.45. The first-order chi connectivity index (χ1) is 17.0. The Labute approximate surface area is 206 Å². The first-order valence-electron chi connectivity index (χ1n) is 12.4. The third kappa shape index (κ3) is 5.05. The zero-order chi connectivity index (χ0) is 24.4. The van der Waals surface area contributed by atoms with Gasteiger partial charge in [-0.3, -0.25) is 4.79 Å². The van der Waals surface area contributed by atoms with Crippen molar-refractivity contribution < 1.29 is 14.3 Å². The van der Waals surface area contributed by atoms with Crippen molar-refractivity contribution in [2.45, 2.75) is 46.3 Å². The molecule has 5 heterocycles. The van der Waals surface area contributed by atoms with E-state index < -0.39 is 0 Å². The summed E-state index contributed by atoms with van der Waals surface area (Å²) in [5, 5.41) is 7.05. The summed E-state index contributed by atoms with van der Waals surface area (Å²) in [5.74, 6) is 1.74. The average Bonchev–Trinajstić information content (AvgIpc) is 3.07. The Kier molecular flexibility index (Phi) is 6.77. The van der Waals surface area contributed by atoms with Crippen LogP contribution in [0.3, 0.4) is 0 Å². The average molecular weight is 479 g/mol. The highest BCUT2D eigenvalue weighted by Crippen LogP contribution is 2.39. The lowest BCUT2D eigenvalue weighted by Gasteiger charge is -2.31. The minimum atomic E-state index is 0.155. The number of nitrogens with one attached hydrogen (secondary N) is 2. The van der Waals surface area contributed by atoms with Crippen LogP contribution in [0, 0.1) is 6.92 Å². The summed E-state index contributed by atoms with van der Waals surface area (Å²) in [6.07, 6.45) is 5.79. The molecule has 0 radical (unpaired) electrons. The number of aryl methyl sites for hydroxylation is 1. The van der Waals surface area contributed by atoms with Gasteiger partial charge in [-0.15, -0.1) is 0 Å². The first kappa shape index (κ1) is 23.4. The van der Waals surface area contributed by atoms with Gasteiger partial charge in [-0.1, -0.05) is 0 Å². The maximum absolute atomic E-state index is 11.6. The van der Waals surface area contributed by atoms with Crippen LogP contribution >= 0.6 is 0 Å². The first-order valence-corrected chi connectivity index (χ1v) is 12.4. The molecule has 3 aliphatic heterocycles. The van der Waals surface area contributed by atoms with Crippen LogP contribution in [0.25, 0.3) is 5.57 Å². The van der Waals surface area contributed by atoms with Crippen LogP contribution in [-0.4, -0.2) is 66.2 Å². The third-order valence-corrected chi connectivity index (χ3v) is 7.02. The lowest BCUT2D eigenvalue weighted by Crippen LogP contribution is -2.42. The smallest absolute Gasteiger partial charge is 0.219 e. The number of hydrogen-bond acceptors (Lipinski definition) is 8. The second kappa shape index (κ2) is 10.1. The van der Waals surface area contributed by atoms with Gasteiger partial charge < -0.3 is 29.9 Å². The normalized spacial score (nSPS) is 18.7. The molecule has 0 saturated carbocycles.